The normalized spacial score (nSPS) is 18.4. The van der Waals surface area contributed by atoms with Gasteiger partial charge in [-0.1, -0.05) is 0 Å². The van der Waals surface area contributed by atoms with Gasteiger partial charge in [0.1, 0.15) is 0 Å². The standard InChI is InChI=1S/C14H18N2O.Y/c1-11-5-4-10-16(11)13-8-6-12(7-9-13)14(17)15(2)3;/h4,6-9,11H,1,5,10H2,2-3H3;/q-2;. The molecular weight excluding hydrogens is 301 g/mol. The van der Waals surface area contributed by atoms with Gasteiger partial charge in [-0.05, 0) is 24.3 Å². The van der Waals surface area contributed by atoms with Crippen molar-refractivity contribution in [2.75, 3.05) is 25.5 Å². The quantitative estimate of drug-likeness (QED) is 0.779. The fourth-order valence-electron chi connectivity index (χ4n) is 2.05. The van der Waals surface area contributed by atoms with Crippen LogP contribution in [0.5, 0.6) is 0 Å². The van der Waals surface area contributed by atoms with Gasteiger partial charge in [-0.3, -0.25) is 4.79 Å². The van der Waals surface area contributed by atoms with Crippen molar-refractivity contribution >= 4 is 11.6 Å². The second kappa shape index (κ2) is 6.67. The topological polar surface area (TPSA) is 23.6 Å². The van der Waals surface area contributed by atoms with E-state index in [2.05, 4.69) is 18.2 Å². The van der Waals surface area contributed by atoms with Crippen LogP contribution >= 0.6 is 0 Å². The van der Waals surface area contributed by atoms with E-state index in [9.17, 15) is 4.79 Å². The summed E-state index contributed by atoms with van der Waals surface area (Å²) in [4.78, 5) is 15.6. The molecule has 95 valence electrons. The summed E-state index contributed by atoms with van der Waals surface area (Å²) in [5.41, 5.74) is 1.86. The van der Waals surface area contributed by atoms with Crippen LogP contribution in [-0.4, -0.2) is 37.5 Å². The summed E-state index contributed by atoms with van der Waals surface area (Å²) in [5, 5.41) is 0. The molecule has 1 saturated heterocycles. The van der Waals surface area contributed by atoms with Crippen LogP contribution in [-0.2, 0) is 32.7 Å². The second-order valence-electron chi connectivity index (χ2n) is 4.58. The van der Waals surface area contributed by atoms with Gasteiger partial charge in [-0.25, -0.2) is 0 Å². The molecule has 2 rings (SSSR count). The fourth-order valence-corrected chi connectivity index (χ4v) is 2.05. The molecule has 1 unspecified atom stereocenters. The predicted molar refractivity (Wildman–Crippen MR) is 69.9 cm³/mol. The van der Waals surface area contributed by atoms with E-state index in [-0.39, 0.29) is 38.6 Å². The minimum atomic E-state index is 0. The van der Waals surface area contributed by atoms with Crippen LogP contribution in [0.4, 0.5) is 5.69 Å². The Kier molecular flexibility index (Phi) is 5.80. The van der Waals surface area contributed by atoms with E-state index in [1.165, 1.54) is 0 Å². The summed E-state index contributed by atoms with van der Waals surface area (Å²) < 4.78 is 0. The molecule has 1 amide bonds. The average Bonchev–Trinajstić information content (AvgIpc) is 2.74. The first-order valence-corrected chi connectivity index (χ1v) is 5.82. The maximum Gasteiger partial charge on any atom is 0.253 e. The molecule has 4 heteroatoms. The Morgan fingerprint density at radius 2 is 2.00 bits per heavy atom. The van der Waals surface area contributed by atoms with Gasteiger partial charge in [-0.15, -0.1) is 12.6 Å². The molecule has 1 aliphatic heterocycles. The van der Waals surface area contributed by atoms with Crippen LogP contribution in [0.1, 0.15) is 16.8 Å². The van der Waals surface area contributed by atoms with Crippen LogP contribution in [0, 0.1) is 13.3 Å². The molecule has 1 fully saturated rings. The molecule has 1 heterocycles. The number of hydrogen-bond acceptors (Lipinski definition) is 2. The maximum absolute atomic E-state index is 11.7. The van der Waals surface area contributed by atoms with Crippen molar-refractivity contribution in [2.45, 2.75) is 12.5 Å². The Hall–Kier alpha value is -0.406. The Morgan fingerprint density at radius 1 is 1.39 bits per heavy atom. The van der Waals surface area contributed by atoms with Crippen LogP contribution < -0.4 is 4.90 Å². The summed E-state index contributed by atoms with van der Waals surface area (Å²) in [7, 11) is 3.52. The molecule has 0 N–H and O–H groups in total. The molecule has 18 heavy (non-hydrogen) atoms. The largest absolute Gasteiger partial charge is 0.431 e. The van der Waals surface area contributed by atoms with Crippen LogP contribution in [0.25, 0.3) is 0 Å². The van der Waals surface area contributed by atoms with Crippen LogP contribution in [0.2, 0.25) is 0 Å². The molecule has 3 nitrogen and oxygen atoms in total. The molecule has 0 aromatic heterocycles. The zero-order valence-electron chi connectivity index (χ0n) is 11.0. The Labute approximate surface area is 134 Å². The molecular formula is C14H18N2OY-2. The summed E-state index contributed by atoms with van der Waals surface area (Å²) in [6.45, 7) is 5.04. The van der Waals surface area contributed by atoms with Crippen molar-refractivity contribution in [2.24, 2.45) is 0 Å². The predicted octanol–water partition coefficient (Wildman–Crippen LogP) is 2.00. The molecule has 1 aromatic carbocycles. The van der Waals surface area contributed by atoms with Gasteiger partial charge < -0.3 is 23.1 Å². The Bertz CT molecular complexity index is 403. The zero-order chi connectivity index (χ0) is 12.4. The van der Waals surface area contributed by atoms with Crippen LogP contribution in [0.15, 0.2) is 24.3 Å². The summed E-state index contributed by atoms with van der Waals surface area (Å²) in [6.07, 6.45) is 3.26. The molecule has 0 spiro atoms. The van der Waals surface area contributed by atoms with E-state index in [4.69, 9.17) is 0 Å². The van der Waals surface area contributed by atoms with Gasteiger partial charge in [0.05, 0.1) is 0 Å². The molecule has 0 bridgehead atoms. The first-order valence-electron chi connectivity index (χ1n) is 5.82. The second-order valence-corrected chi connectivity index (χ2v) is 4.58. The third-order valence-corrected chi connectivity index (χ3v) is 3.06. The van der Waals surface area contributed by atoms with Crippen LogP contribution in [0.3, 0.4) is 0 Å². The molecule has 1 atom stereocenters. The molecule has 1 aromatic rings. The molecule has 0 saturated carbocycles. The van der Waals surface area contributed by atoms with E-state index in [0.717, 1.165) is 24.2 Å². The molecule has 1 radical (unpaired) electrons. The average molecular weight is 319 g/mol. The third kappa shape index (κ3) is 3.33. The smallest absolute Gasteiger partial charge is 0.253 e. The maximum atomic E-state index is 11.7. The minimum absolute atomic E-state index is 0. The van der Waals surface area contributed by atoms with Crippen molar-refractivity contribution in [3.05, 3.63) is 43.2 Å². The monoisotopic (exact) mass is 319 g/mol. The summed E-state index contributed by atoms with van der Waals surface area (Å²) in [6, 6.07) is 8.05. The van der Waals surface area contributed by atoms with E-state index in [1.54, 1.807) is 19.0 Å². The summed E-state index contributed by atoms with van der Waals surface area (Å²) in [5.74, 6) is 0.0377. The van der Waals surface area contributed by atoms with Gasteiger partial charge in [0.25, 0.3) is 5.91 Å². The van der Waals surface area contributed by atoms with Gasteiger partial charge in [-0.2, -0.15) is 6.42 Å². The number of anilines is 1. The van der Waals surface area contributed by atoms with E-state index >= 15 is 0 Å². The fraction of sp³-hybridized carbons (Fsp3) is 0.357. The number of rotatable bonds is 2. The van der Waals surface area contributed by atoms with Crippen molar-refractivity contribution in [3.63, 3.8) is 0 Å². The zero-order valence-corrected chi connectivity index (χ0v) is 13.8. The number of benzene rings is 1. The first-order chi connectivity index (χ1) is 8.09. The number of amides is 1. The van der Waals surface area contributed by atoms with Crippen molar-refractivity contribution in [3.8, 4) is 0 Å². The Morgan fingerprint density at radius 3 is 2.44 bits per heavy atom. The minimum Gasteiger partial charge on any atom is -0.431 e. The third-order valence-electron chi connectivity index (χ3n) is 3.06. The van der Waals surface area contributed by atoms with E-state index < -0.39 is 0 Å². The number of hydrogen-bond donors (Lipinski definition) is 0. The van der Waals surface area contributed by atoms with Crippen molar-refractivity contribution < 1.29 is 37.5 Å². The van der Waals surface area contributed by atoms with Gasteiger partial charge >= 0.3 is 0 Å². The molecule has 0 aliphatic carbocycles. The number of carbonyl (C=O) groups is 1. The number of nitrogens with zero attached hydrogens (tertiary/aromatic N) is 2. The van der Waals surface area contributed by atoms with Crippen molar-refractivity contribution in [1.82, 2.24) is 4.90 Å². The first kappa shape index (κ1) is 15.7. The molecule has 1 aliphatic rings. The van der Waals surface area contributed by atoms with Gasteiger partial charge in [0, 0.05) is 58.1 Å². The van der Waals surface area contributed by atoms with E-state index in [0.29, 0.717) is 6.04 Å². The summed E-state index contributed by atoms with van der Waals surface area (Å²) >= 11 is 0. The van der Waals surface area contributed by atoms with Crippen molar-refractivity contribution in [1.29, 1.82) is 0 Å². The Balaban J connectivity index is 0.00000162. The van der Waals surface area contributed by atoms with Gasteiger partial charge in [0.2, 0.25) is 0 Å². The van der Waals surface area contributed by atoms with E-state index in [1.807, 2.05) is 24.3 Å². The van der Waals surface area contributed by atoms with Gasteiger partial charge in [0.15, 0.2) is 0 Å². The number of carbonyl (C=O) groups excluding carboxylic acids is 1. The SMILES string of the molecule is [CH2-]C1C[CH-]CN1c1ccc(C(=O)N(C)C)cc1.[Y].